The second-order valence-electron chi connectivity index (χ2n) is 6.57. The summed E-state index contributed by atoms with van der Waals surface area (Å²) < 4.78 is 0. The Morgan fingerprint density at radius 1 is 0.818 bits per heavy atom. The van der Waals surface area contributed by atoms with E-state index in [9.17, 15) is 0 Å². The Labute approximate surface area is 133 Å². The number of anilines is 2. The van der Waals surface area contributed by atoms with Gasteiger partial charge in [0, 0.05) is 12.6 Å². The number of hydrogen-bond acceptors (Lipinski definition) is 2. The Morgan fingerprint density at radius 2 is 1.55 bits per heavy atom. The predicted molar refractivity (Wildman–Crippen MR) is 93.5 cm³/mol. The predicted octanol–water partition coefficient (Wildman–Crippen LogP) is 4.99. The van der Waals surface area contributed by atoms with Crippen molar-refractivity contribution in [2.24, 2.45) is 0 Å². The van der Waals surface area contributed by atoms with Crippen LogP contribution in [0.5, 0.6) is 0 Å². The second kappa shape index (κ2) is 6.04. The molecule has 0 bridgehead atoms. The van der Waals surface area contributed by atoms with Crippen molar-refractivity contribution in [3.05, 3.63) is 60.2 Å². The molecule has 0 amide bonds. The Bertz CT molecular complexity index is 617. The summed E-state index contributed by atoms with van der Waals surface area (Å²) in [6.07, 6.45) is 6.86. The minimum Gasteiger partial charge on any atom is -0.375 e. The molecule has 2 aromatic carbocycles. The molecule has 1 unspecified atom stereocenters. The van der Waals surface area contributed by atoms with Gasteiger partial charge in [0.1, 0.15) is 0 Å². The van der Waals surface area contributed by atoms with Gasteiger partial charge >= 0.3 is 0 Å². The summed E-state index contributed by atoms with van der Waals surface area (Å²) in [5, 5.41) is 3.74. The number of para-hydroxylation sites is 2. The normalized spacial score (nSPS) is 22.0. The third-order valence-corrected chi connectivity index (χ3v) is 5.14. The molecule has 1 atom stereocenters. The first-order valence-corrected chi connectivity index (χ1v) is 8.59. The minimum absolute atomic E-state index is 0.387. The van der Waals surface area contributed by atoms with Gasteiger partial charge in [-0.2, -0.15) is 0 Å². The molecule has 22 heavy (non-hydrogen) atoms. The van der Waals surface area contributed by atoms with E-state index in [1.807, 2.05) is 0 Å². The van der Waals surface area contributed by atoms with Gasteiger partial charge in [0.05, 0.1) is 17.4 Å². The third-order valence-electron chi connectivity index (χ3n) is 5.14. The van der Waals surface area contributed by atoms with Crippen LogP contribution in [-0.2, 0) is 0 Å². The zero-order valence-corrected chi connectivity index (χ0v) is 13.0. The van der Waals surface area contributed by atoms with Gasteiger partial charge < -0.3 is 10.2 Å². The van der Waals surface area contributed by atoms with Crippen LogP contribution in [0.1, 0.15) is 43.7 Å². The van der Waals surface area contributed by atoms with E-state index in [1.54, 1.807) is 0 Å². The molecular formula is C20H24N2. The van der Waals surface area contributed by atoms with E-state index in [2.05, 4.69) is 64.8 Å². The highest BCUT2D eigenvalue weighted by atomic mass is 15.2. The van der Waals surface area contributed by atoms with Crippen LogP contribution in [-0.4, -0.2) is 12.6 Å². The van der Waals surface area contributed by atoms with Crippen molar-refractivity contribution in [1.29, 1.82) is 0 Å². The molecule has 2 aromatic rings. The maximum atomic E-state index is 3.74. The lowest BCUT2D eigenvalue weighted by atomic mass is 9.91. The van der Waals surface area contributed by atoms with E-state index in [1.165, 1.54) is 49.0 Å². The fraction of sp³-hybridized carbons (Fsp3) is 0.400. The standard InChI is InChI=1S/C20H24N2/c1-3-9-16(10-4-1)19-15-22(17-11-5-2-6-12-17)20-14-8-7-13-18(20)21-19/h1,3-4,7-10,13-14,17,19,21H,2,5-6,11-12,15H2. The van der Waals surface area contributed by atoms with Gasteiger partial charge in [-0.1, -0.05) is 61.7 Å². The van der Waals surface area contributed by atoms with Crippen LogP contribution in [0.15, 0.2) is 54.6 Å². The fourth-order valence-electron chi connectivity index (χ4n) is 3.99. The lowest BCUT2D eigenvalue weighted by Gasteiger charge is -2.43. The Balaban J connectivity index is 1.67. The summed E-state index contributed by atoms with van der Waals surface area (Å²) in [7, 11) is 0. The lowest BCUT2D eigenvalue weighted by Crippen LogP contribution is -2.44. The highest BCUT2D eigenvalue weighted by molar-refractivity contribution is 5.73. The third kappa shape index (κ3) is 2.58. The van der Waals surface area contributed by atoms with E-state index in [4.69, 9.17) is 0 Å². The van der Waals surface area contributed by atoms with Crippen molar-refractivity contribution in [3.63, 3.8) is 0 Å². The SMILES string of the molecule is c1ccc(C2CN(C3CCCCC3)c3ccccc3N2)cc1. The zero-order chi connectivity index (χ0) is 14.8. The van der Waals surface area contributed by atoms with E-state index < -0.39 is 0 Å². The van der Waals surface area contributed by atoms with Crippen LogP contribution in [0.3, 0.4) is 0 Å². The molecule has 1 aliphatic heterocycles. The molecule has 114 valence electrons. The van der Waals surface area contributed by atoms with Gasteiger partial charge in [-0.15, -0.1) is 0 Å². The Kier molecular flexibility index (Phi) is 3.75. The van der Waals surface area contributed by atoms with Crippen molar-refractivity contribution >= 4 is 11.4 Å². The molecule has 2 aliphatic rings. The molecule has 0 spiro atoms. The van der Waals surface area contributed by atoms with E-state index in [0.717, 1.165) is 6.54 Å². The topological polar surface area (TPSA) is 15.3 Å². The molecule has 1 N–H and O–H groups in total. The van der Waals surface area contributed by atoms with Crippen molar-refractivity contribution < 1.29 is 0 Å². The summed E-state index contributed by atoms with van der Waals surface area (Å²) in [5.74, 6) is 0. The lowest BCUT2D eigenvalue weighted by molar-refractivity contribution is 0.407. The molecule has 1 saturated carbocycles. The van der Waals surface area contributed by atoms with E-state index in [-0.39, 0.29) is 0 Å². The first-order chi connectivity index (χ1) is 10.9. The van der Waals surface area contributed by atoms with Gasteiger partial charge in [-0.3, -0.25) is 0 Å². The smallest absolute Gasteiger partial charge is 0.0689 e. The van der Waals surface area contributed by atoms with Crippen molar-refractivity contribution in [2.75, 3.05) is 16.8 Å². The monoisotopic (exact) mass is 292 g/mol. The summed E-state index contributed by atoms with van der Waals surface area (Å²) in [4.78, 5) is 2.67. The minimum atomic E-state index is 0.387. The quantitative estimate of drug-likeness (QED) is 0.838. The van der Waals surface area contributed by atoms with Crippen LogP contribution in [0, 0.1) is 0 Å². The van der Waals surface area contributed by atoms with Crippen LogP contribution in [0.4, 0.5) is 11.4 Å². The second-order valence-corrected chi connectivity index (χ2v) is 6.57. The number of nitrogens with zero attached hydrogens (tertiary/aromatic N) is 1. The average molecular weight is 292 g/mol. The maximum Gasteiger partial charge on any atom is 0.0689 e. The van der Waals surface area contributed by atoms with Crippen molar-refractivity contribution in [1.82, 2.24) is 0 Å². The van der Waals surface area contributed by atoms with Crippen molar-refractivity contribution in [3.8, 4) is 0 Å². The van der Waals surface area contributed by atoms with E-state index >= 15 is 0 Å². The first kappa shape index (κ1) is 13.7. The fourth-order valence-corrected chi connectivity index (χ4v) is 3.99. The highest BCUT2D eigenvalue weighted by Crippen LogP contribution is 2.39. The first-order valence-electron chi connectivity index (χ1n) is 8.59. The summed E-state index contributed by atoms with van der Waals surface area (Å²) >= 11 is 0. The summed E-state index contributed by atoms with van der Waals surface area (Å²) in [6.45, 7) is 1.08. The van der Waals surface area contributed by atoms with Crippen LogP contribution in [0.25, 0.3) is 0 Å². The average Bonchev–Trinajstić information content (AvgIpc) is 2.62. The molecule has 0 saturated heterocycles. The van der Waals surface area contributed by atoms with Gasteiger partial charge in [0.25, 0.3) is 0 Å². The molecule has 1 aliphatic carbocycles. The molecule has 0 radical (unpaired) electrons. The molecule has 0 aromatic heterocycles. The number of fused-ring (bicyclic) bond motifs is 1. The molecule has 1 fully saturated rings. The van der Waals surface area contributed by atoms with E-state index in [0.29, 0.717) is 12.1 Å². The Morgan fingerprint density at radius 3 is 2.36 bits per heavy atom. The van der Waals surface area contributed by atoms with Crippen LogP contribution < -0.4 is 10.2 Å². The van der Waals surface area contributed by atoms with Gasteiger partial charge in [-0.05, 0) is 30.5 Å². The number of rotatable bonds is 2. The van der Waals surface area contributed by atoms with Crippen molar-refractivity contribution in [2.45, 2.75) is 44.2 Å². The largest absolute Gasteiger partial charge is 0.375 e. The molecular weight excluding hydrogens is 268 g/mol. The van der Waals surface area contributed by atoms with Crippen LogP contribution >= 0.6 is 0 Å². The number of nitrogens with one attached hydrogen (secondary N) is 1. The van der Waals surface area contributed by atoms with Gasteiger partial charge in [-0.25, -0.2) is 0 Å². The van der Waals surface area contributed by atoms with Gasteiger partial charge in [0.2, 0.25) is 0 Å². The molecule has 2 nitrogen and oxygen atoms in total. The van der Waals surface area contributed by atoms with Crippen LogP contribution in [0.2, 0.25) is 0 Å². The Hall–Kier alpha value is -1.96. The summed E-state index contributed by atoms with van der Waals surface area (Å²) in [6, 6.07) is 20.8. The number of benzene rings is 2. The maximum absolute atomic E-state index is 3.74. The molecule has 2 heteroatoms. The molecule has 4 rings (SSSR count). The molecule has 1 heterocycles. The summed E-state index contributed by atoms with van der Waals surface area (Å²) in [5.41, 5.74) is 4.06. The highest BCUT2D eigenvalue weighted by Gasteiger charge is 2.30. The zero-order valence-electron chi connectivity index (χ0n) is 13.0. The number of hydrogen-bond donors (Lipinski definition) is 1. The van der Waals surface area contributed by atoms with Gasteiger partial charge in [0.15, 0.2) is 0 Å².